The highest BCUT2D eigenvalue weighted by Gasteiger charge is 2.27. The second kappa shape index (κ2) is 9.98. The molecule has 2 aromatic carbocycles. The van der Waals surface area contributed by atoms with Crippen LogP contribution < -0.4 is 11.1 Å². The summed E-state index contributed by atoms with van der Waals surface area (Å²) < 4.78 is 0. The Morgan fingerprint density at radius 3 is 2.16 bits per heavy atom. The fraction of sp³-hybridized carbons (Fsp3) is 0.423. The van der Waals surface area contributed by atoms with Crippen molar-refractivity contribution in [3.05, 3.63) is 65.2 Å². The number of rotatable bonds is 5. The van der Waals surface area contributed by atoms with Crippen molar-refractivity contribution < 1.29 is 14.4 Å². The van der Waals surface area contributed by atoms with Crippen LogP contribution in [-0.4, -0.2) is 35.7 Å². The van der Waals surface area contributed by atoms with E-state index in [9.17, 15) is 14.4 Å². The van der Waals surface area contributed by atoms with Gasteiger partial charge in [-0.05, 0) is 61.4 Å². The van der Waals surface area contributed by atoms with Gasteiger partial charge in [-0.25, -0.2) is 0 Å². The summed E-state index contributed by atoms with van der Waals surface area (Å²) in [5.41, 5.74) is 8.23. The molecule has 1 heterocycles. The highest BCUT2D eigenvalue weighted by atomic mass is 16.2. The SMILES string of the molecule is NC(=O)C1CCN(C(=O)c2ccccc2NC(=O)c2ccc(C3CCCCC3)cc2)CC1. The molecule has 3 amide bonds. The summed E-state index contributed by atoms with van der Waals surface area (Å²) in [6.07, 6.45) is 7.45. The zero-order chi connectivity index (χ0) is 22.5. The zero-order valence-corrected chi connectivity index (χ0v) is 18.4. The molecule has 2 aliphatic rings. The lowest BCUT2D eigenvalue weighted by molar-refractivity contribution is -0.123. The molecule has 32 heavy (non-hydrogen) atoms. The Morgan fingerprint density at radius 1 is 0.844 bits per heavy atom. The number of anilines is 1. The minimum Gasteiger partial charge on any atom is -0.369 e. The number of piperidine rings is 1. The number of para-hydroxylation sites is 1. The van der Waals surface area contributed by atoms with E-state index in [0.717, 1.165) is 0 Å². The molecule has 168 valence electrons. The lowest BCUT2D eigenvalue weighted by Gasteiger charge is -2.31. The van der Waals surface area contributed by atoms with Crippen LogP contribution >= 0.6 is 0 Å². The number of carbonyl (C=O) groups is 3. The van der Waals surface area contributed by atoms with Crippen LogP contribution in [-0.2, 0) is 4.79 Å². The van der Waals surface area contributed by atoms with Crippen LogP contribution in [0, 0.1) is 5.92 Å². The number of likely N-dealkylation sites (tertiary alicyclic amines) is 1. The normalized spacial score (nSPS) is 17.7. The first-order valence-electron chi connectivity index (χ1n) is 11.6. The third kappa shape index (κ3) is 5.01. The van der Waals surface area contributed by atoms with Crippen LogP contribution in [0.5, 0.6) is 0 Å². The Hall–Kier alpha value is -3.15. The van der Waals surface area contributed by atoms with Crippen LogP contribution in [0.15, 0.2) is 48.5 Å². The van der Waals surface area contributed by atoms with E-state index in [1.807, 2.05) is 12.1 Å². The first-order chi connectivity index (χ1) is 15.5. The van der Waals surface area contributed by atoms with Gasteiger partial charge < -0.3 is 16.0 Å². The van der Waals surface area contributed by atoms with Gasteiger partial charge in [-0.1, -0.05) is 43.5 Å². The van der Waals surface area contributed by atoms with E-state index in [0.29, 0.717) is 48.7 Å². The number of nitrogens with one attached hydrogen (secondary N) is 1. The minimum absolute atomic E-state index is 0.142. The molecular weight excluding hydrogens is 402 g/mol. The molecule has 0 radical (unpaired) electrons. The highest BCUT2D eigenvalue weighted by molar-refractivity contribution is 6.09. The molecule has 0 atom stereocenters. The molecule has 2 fully saturated rings. The largest absolute Gasteiger partial charge is 0.369 e. The molecule has 0 spiro atoms. The van der Waals surface area contributed by atoms with Crippen molar-refractivity contribution in [1.29, 1.82) is 0 Å². The molecule has 1 saturated heterocycles. The maximum absolute atomic E-state index is 13.1. The number of hydrogen-bond acceptors (Lipinski definition) is 3. The van der Waals surface area contributed by atoms with E-state index in [1.54, 1.807) is 29.2 Å². The smallest absolute Gasteiger partial charge is 0.255 e. The van der Waals surface area contributed by atoms with E-state index in [1.165, 1.54) is 37.7 Å². The molecule has 1 saturated carbocycles. The second-order valence-corrected chi connectivity index (χ2v) is 8.93. The van der Waals surface area contributed by atoms with Gasteiger partial charge in [0, 0.05) is 24.6 Å². The quantitative estimate of drug-likeness (QED) is 0.735. The van der Waals surface area contributed by atoms with Gasteiger partial charge in [0.25, 0.3) is 11.8 Å². The monoisotopic (exact) mass is 433 g/mol. The zero-order valence-electron chi connectivity index (χ0n) is 18.4. The van der Waals surface area contributed by atoms with E-state index in [-0.39, 0.29) is 23.6 Å². The summed E-state index contributed by atoms with van der Waals surface area (Å²) >= 11 is 0. The van der Waals surface area contributed by atoms with Gasteiger partial charge in [0.15, 0.2) is 0 Å². The fourth-order valence-corrected chi connectivity index (χ4v) is 4.85. The van der Waals surface area contributed by atoms with Gasteiger partial charge in [0.05, 0.1) is 11.3 Å². The number of nitrogens with two attached hydrogens (primary N) is 1. The summed E-state index contributed by atoms with van der Waals surface area (Å²) in [7, 11) is 0. The molecule has 2 aromatic rings. The minimum atomic E-state index is -0.306. The molecule has 4 rings (SSSR count). The molecule has 0 aromatic heterocycles. The molecule has 0 bridgehead atoms. The number of benzene rings is 2. The fourth-order valence-electron chi connectivity index (χ4n) is 4.85. The van der Waals surface area contributed by atoms with Crippen molar-refractivity contribution in [3.8, 4) is 0 Å². The van der Waals surface area contributed by atoms with Crippen LogP contribution in [0.25, 0.3) is 0 Å². The molecule has 0 unspecified atom stereocenters. The van der Waals surface area contributed by atoms with Crippen molar-refractivity contribution in [2.24, 2.45) is 11.7 Å². The van der Waals surface area contributed by atoms with Crippen LogP contribution in [0.1, 0.15) is 77.1 Å². The average molecular weight is 434 g/mol. The van der Waals surface area contributed by atoms with E-state index in [4.69, 9.17) is 5.73 Å². The number of primary amides is 1. The third-order valence-electron chi connectivity index (χ3n) is 6.84. The lowest BCUT2D eigenvalue weighted by atomic mass is 9.84. The summed E-state index contributed by atoms with van der Waals surface area (Å²) in [4.78, 5) is 39.1. The molecule has 1 aliphatic heterocycles. The summed E-state index contributed by atoms with van der Waals surface area (Å²) in [6, 6.07) is 14.9. The van der Waals surface area contributed by atoms with Crippen molar-refractivity contribution in [3.63, 3.8) is 0 Å². The van der Waals surface area contributed by atoms with E-state index < -0.39 is 0 Å². The average Bonchev–Trinajstić information content (AvgIpc) is 2.84. The molecule has 6 nitrogen and oxygen atoms in total. The van der Waals surface area contributed by atoms with Gasteiger partial charge in [-0.2, -0.15) is 0 Å². The van der Waals surface area contributed by atoms with Gasteiger partial charge in [-0.3, -0.25) is 14.4 Å². The standard InChI is InChI=1S/C26H31N3O3/c27-24(30)20-14-16-29(17-15-20)26(32)22-8-4-5-9-23(22)28-25(31)21-12-10-19(11-13-21)18-6-2-1-3-7-18/h4-5,8-13,18,20H,1-3,6-7,14-17H2,(H2,27,30)(H,28,31). The Kier molecular flexibility index (Phi) is 6.88. The molecule has 1 aliphatic carbocycles. The first kappa shape index (κ1) is 22.1. The van der Waals surface area contributed by atoms with Crippen molar-refractivity contribution >= 4 is 23.4 Å². The Morgan fingerprint density at radius 2 is 1.50 bits per heavy atom. The van der Waals surface area contributed by atoms with Crippen LogP contribution in [0.3, 0.4) is 0 Å². The van der Waals surface area contributed by atoms with Crippen molar-refractivity contribution in [1.82, 2.24) is 4.90 Å². The summed E-state index contributed by atoms with van der Waals surface area (Å²) in [5, 5.41) is 2.91. The van der Waals surface area contributed by atoms with E-state index in [2.05, 4.69) is 17.4 Å². The predicted molar refractivity (Wildman–Crippen MR) is 124 cm³/mol. The van der Waals surface area contributed by atoms with Gasteiger partial charge >= 0.3 is 0 Å². The third-order valence-corrected chi connectivity index (χ3v) is 6.84. The van der Waals surface area contributed by atoms with Crippen LogP contribution in [0.2, 0.25) is 0 Å². The maximum Gasteiger partial charge on any atom is 0.255 e. The number of amides is 3. The number of carbonyl (C=O) groups excluding carboxylic acids is 3. The van der Waals surface area contributed by atoms with Crippen molar-refractivity contribution in [2.45, 2.75) is 50.9 Å². The highest BCUT2D eigenvalue weighted by Crippen LogP contribution is 2.32. The summed E-state index contributed by atoms with van der Waals surface area (Å²) in [6.45, 7) is 0.967. The van der Waals surface area contributed by atoms with Crippen molar-refractivity contribution in [2.75, 3.05) is 18.4 Å². The van der Waals surface area contributed by atoms with Crippen LogP contribution in [0.4, 0.5) is 5.69 Å². The number of nitrogens with zero attached hydrogens (tertiary/aromatic N) is 1. The first-order valence-corrected chi connectivity index (χ1v) is 11.6. The topological polar surface area (TPSA) is 92.5 Å². The summed E-state index contributed by atoms with van der Waals surface area (Å²) in [5.74, 6) is -0.257. The Bertz CT molecular complexity index is 972. The predicted octanol–water partition coefficient (Wildman–Crippen LogP) is 4.32. The molecular formula is C26H31N3O3. The van der Waals surface area contributed by atoms with Gasteiger partial charge in [0.2, 0.25) is 5.91 Å². The number of hydrogen-bond donors (Lipinski definition) is 2. The van der Waals surface area contributed by atoms with Gasteiger partial charge in [-0.15, -0.1) is 0 Å². The molecule has 3 N–H and O–H groups in total. The molecule has 6 heteroatoms. The van der Waals surface area contributed by atoms with E-state index >= 15 is 0 Å². The lowest BCUT2D eigenvalue weighted by Crippen LogP contribution is -2.42. The Labute approximate surface area is 189 Å². The second-order valence-electron chi connectivity index (χ2n) is 8.93. The maximum atomic E-state index is 13.1. The van der Waals surface area contributed by atoms with Gasteiger partial charge in [0.1, 0.15) is 0 Å². The Balaban J connectivity index is 1.43.